The standard InChI is InChI=1S/C8H7ClN2O3/c1-2-7(12)5-3-8(9)10-4-6(5)11(13)14/h3-4H,2H2,1H3. The molecule has 5 nitrogen and oxygen atoms in total. The van der Waals surface area contributed by atoms with Gasteiger partial charge in [-0.3, -0.25) is 14.9 Å². The van der Waals surface area contributed by atoms with Crippen molar-refractivity contribution >= 4 is 23.1 Å². The second-order valence-electron chi connectivity index (χ2n) is 2.56. The summed E-state index contributed by atoms with van der Waals surface area (Å²) in [6.45, 7) is 1.63. The number of aromatic nitrogens is 1. The van der Waals surface area contributed by atoms with E-state index in [4.69, 9.17) is 11.6 Å². The molecule has 1 rings (SSSR count). The smallest absolute Gasteiger partial charge is 0.294 e. The van der Waals surface area contributed by atoms with Crippen LogP contribution in [0.2, 0.25) is 5.15 Å². The Kier molecular flexibility index (Phi) is 3.14. The van der Waals surface area contributed by atoms with Crippen LogP contribution >= 0.6 is 11.6 Å². The quantitative estimate of drug-likeness (QED) is 0.335. The average molecular weight is 215 g/mol. The van der Waals surface area contributed by atoms with Gasteiger partial charge in [0.15, 0.2) is 5.78 Å². The molecule has 0 aliphatic carbocycles. The zero-order chi connectivity index (χ0) is 10.7. The summed E-state index contributed by atoms with van der Waals surface area (Å²) in [6.07, 6.45) is 1.19. The van der Waals surface area contributed by atoms with E-state index in [1.807, 2.05) is 0 Å². The van der Waals surface area contributed by atoms with Gasteiger partial charge >= 0.3 is 0 Å². The number of halogens is 1. The molecule has 1 heterocycles. The van der Waals surface area contributed by atoms with E-state index in [1.165, 1.54) is 6.07 Å². The van der Waals surface area contributed by atoms with Crippen LogP contribution in [0.3, 0.4) is 0 Å². The fraction of sp³-hybridized carbons (Fsp3) is 0.250. The van der Waals surface area contributed by atoms with Gasteiger partial charge in [0.05, 0.1) is 10.5 Å². The van der Waals surface area contributed by atoms with Crippen LogP contribution < -0.4 is 0 Å². The molecule has 74 valence electrons. The minimum absolute atomic E-state index is 0.0116. The van der Waals surface area contributed by atoms with Gasteiger partial charge in [-0.2, -0.15) is 0 Å². The minimum atomic E-state index is -0.647. The Morgan fingerprint density at radius 1 is 1.71 bits per heavy atom. The number of carbonyl (C=O) groups is 1. The monoisotopic (exact) mass is 214 g/mol. The third kappa shape index (κ3) is 2.05. The topological polar surface area (TPSA) is 73.1 Å². The Morgan fingerprint density at radius 2 is 2.36 bits per heavy atom. The Balaban J connectivity index is 3.29. The molecular formula is C8H7ClN2O3. The maximum absolute atomic E-state index is 11.3. The number of rotatable bonds is 3. The first-order valence-corrected chi connectivity index (χ1v) is 4.27. The number of pyridine rings is 1. The van der Waals surface area contributed by atoms with E-state index >= 15 is 0 Å². The SMILES string of the molecule is CCC(=O)c1cc(Cl)ncc1[N+](=O)[O-]. The Bertz CT molecular complexity index is 392. The molecule has 1 aromatic rings. The van der Waals surface area contributed by atoms with E-state index in [9.17, 15) is 14.9 Å². The van der Waals surface area contributed by atoms with Crippen LogP contribution in [0.5, 0.6) is 0 Å². The summed E-state index contributed by atoms with van der Waals surface area (Å²) in [6, 6.07) is 1.21. The van der Waals surface area contributed by atoms with Gasteiger partial charge in [0, 0.05) is 6.42 Å². The first-order valence-electron chi connectivity index (χ1n) is 3.89. The van der Waals surface area contributed by atoms with Gasteiger partial charge in [-0.25, -0.2) is 4.98 Å². The molecule has 0 saturated carbocycles. The molecule has 0 atom stereocenters. The Hall–Kier alpha value is -1.49. The number of Topliss-reactive ketones (excluding diaryl/α,β-unsaturated/α-hetero) is 1. The van der Waals surface area contributed by atoms with E-state index in [0.717, 1.165) is 6.20 Å². The lowest BCUT2D eigenvalue weighted by atomic mass is 10.1. The first-order chi connectivity index (χ1) is 6.56. The first kappa shape index (κ1) is 10.6. The highest BCUT2D eigenvalue weighted by atomic mass is 35.5. The molecule has 0 fully saturated rings. The van der Waals surface area contributed by atoms with Crippen LogP contribution in [-0.2, 0) is 0 Å². The fourth-order valence-corrected chi connectivity index (χ4v) is 1.14. The molecular weight excluding hydrogens is 208 g/mol. The van der Waals surface area contributed by atoms with Crippen molar-refractivity contribution in [1.29, 1.82) is 0 Å². The Morgan fingerprint density at radius 3 is 2.86 bits per heavy atom. The summed E-state index contributed by atoms with van der Waals surface area (Å²) in [5.41, 5.74) is -0.293. The molecule has 0 aromatic carbocycles. The number of hydrogen-bond donors (Lipinski definition) is 0. The predicted octanol–water partition coefficient (Wildman–Crippen LogP) is 2.24. The van der Waals surface area contributed by atoms with E-state index in [-0.39, 0.29) is 28.6 Å². The zero-order valence-electron chi connectivity index (χ0n) is 7.36. The van der Waals surface area contributed by atoms with Gasteiger partial charge in [0.1, 0.15) is 11.3 Å². The highest BCUT2D eigenvalue weighted by molar-refractivity contribution is 6.29. The minimum Gasteiger partial charge on any atom is -0.294 e. The van der Waals surface area contributed by atoms with Crippen molar-refractivity contribution in [2.24, 2.45) is 0 Å². The maximum atomic E-state index is 11.3. The van der Waals surface area contributed by atoms with Crippen molar-refractivity contribution in [2.75, 3.05) is 0 Å². The van der Waals surface area contributed by atoms with E-state index < -0.39 is 4.92 Å². The summed E-state index contributed by atoms with van der Waals surface area (Å²) in [5.74, 6) is -0.319. The second-order valence-corrected chi connectivity index (χ2v) is 2.95. The van der Waals surface area contributed by atoms with Gasteiger partial charge < -0.3 is 0 Å². The van der Waals surface area contributed by atoms with Crippen LogP contribution in [0, 0.1) is 10.1 Å². The molecule has 0 radical (unpaired) electrons. The number of carbonyl (C=O) groups excluding carboxylic acids is 1. The highest BCUT2D eigenvalue weighted by Gasteiger charge is 2.19. The van der Waals surface area contributed by atoms with Crippen LogP contribution in [0.15, 0.2) is 12.3 Å². The van der Waals surface area contributed by atoms with Crippen molar-refractivity contribution < 1.29 is 9.72 Å². The van der Waals surface area contributed by atoms with Gasteiger partial charge in [0.2, 0.25) is 0 Å². The number of nitro groups is 1. The van der Waals surface area contributed by atoms with Gasteiger partial charge in [-0.1, -0.05) is 18.5 Å². The van der Waals surface area contributed by atoms with Crippen LogP contribution in [0.1, 0.15) is 23.7 Å². The van der Waals surface area contributed by atoms with Gasteiger partial charge in [-0.15, -0.1) is 0 Å². The highest BCUT2D eigenvalue weighted by Crippen LogP contribution is 2.21. The van der Waals surface area contributed by atoms with E-state index in [2.05, 4.69) is 4.98 Å². The third-order valence-corrected chi connectivity index (χ3v) is 1.87. The number of hydrogen-bond acceptors (Lipinski definition) is 4. The summed E-state index contributed by atoms with van der Waals surface area (Å²) in [5, 5.41) is 10.6. The third-order valence-electron chi connectivity index (χ3n) is 1.67. The van der Waals surface area contributed by atoms with Crippen LogP contribution in [-0.4, -0.2) is 15.7 Å². The normalized spacial score (nSPS) is 9.86. The van der Waals surface area contributed by atoms with Crippen molar-refractivity contribution in [3.8, 4) is 0 Å². The zero-order valence-corrected chi connectivity index (χ0v) is 8.11. The summed E-state index contributed by atoms with van der Waals surface area (Å²) in [4.78, 5) is 24.7. The van der Waals surface area contributed by atoms with E-state index in [1.54, 1.807) is 6.92 Å². The van der Waals surface area contributed by atoms with Crippen molar-refractivity contribution in [1.82, 2.24) is 4.98 Å². The van der Waals surface area contributed by atoms with Crippen molar-refractivity contribution in [3.05, 3.63) is 33.1 Å². The molecule has 0 saturated heterocycles. The van der Waals surface area contributed by atoms with Gasteiger partial charge in [0.25, 0.3) is 5.69 Å². The average Bonchev–Trinajstić information content (AvgIpc) is 2.16. The lowest BCUT2D eigenvalue weighted by Gasteiger charge is -1.99. The number of ketones is 1. The molecule has 0 N–H and O–H groups in total. The molecule has 0 amide bonds. The maximum Gasteiger partial charge on any atom is 0.298 e. The van der Waals surface area contributed by atoms with Crippen molar-refractivity contribution in [3.63, 3.8) is 0 Å². The molecule has 0 bridgehead atoms. The van der Waals surface area contributed by atoms with Crippen LogP contribution in [0.4, 0.5) is 5.69 Å². The predicted molar refractivity (Wildman–Crippen MR) is 50.5 cm³/mol. The molecule has 0 aliphatic heterocycles. The Labute approximate surface area is 84.9 Å². The molecule has 0 aliphatic rings. The second kappa shape index (κ2) is 4.15. The van der Waals surface area contributed by atoms with Crippen molar-refractivity contribution in [2.45, 2.75) is 13.3 Å². The summed E-state index contributed by atoms with van der Waals surface area (Å²) in [7, 11) is 0. The lowest BCUT2D eigenvalue weighted by molar-refractivity contribution is -0.385. The molecule has 14 heavy (non-hydrogen) atoms. The fourth-order valence-electron chi connectivity index (χ4n) is 0.982. The van der Waals surface area contributed by atoms with Gasteiger partial charge in [-0.05, 0) is 6.07 Å². The van der Waals surface area contributed by atoms with Crippen LogP contribution in [0.25, 0.3) is 0 Å². The summed E-state index contributed by atoms with van der Waals surface area (Å²) < 4.78 is 0. The largest absolute Gasteiger partial charge is 0.298 e. The molecule has 0 unspecified atom stereocenters. The molecule has 1 aromatic heterocycles. The molecule has 0 spiro atoms. The molecule has 6 heteroatoms. The lowest BCUT2D eigenvalue weighted by Crippen LogP contribution is -2.03. The van der Waals surface area contributed by atoms with E-state index in [0.29, 0.717) is 0 Å². The number of nitrogens with zero attached hydrogens (tertiary/aromatic N) is 2. The summed E-state index contributed by atoms with van der Waals surface area (Å²) >= 11 is 5.54.